The second-order valence-electron chi connectivity index (χ2n) is 40.9. The Balaban J connectivity index is 0.792. The smallest absolute Gasteiger partial charge is 0.308 e. The molecular formula is C108H138O14Si4. The molecule has 7 aliphatic rings. The van der Waals surface area contributed by atoms with Crippen LogP contribution < -0.4 is 41.5 Å². The fourth-order valence-electron chi connectivity index (χ4n) is 22.4. The summed E-state index contributed by atoms with van der Waals surface area (Å²) in [4.78, 5) is 16.2. The van der Waals surface area contributed by atoms with Gasteiger partial charge in [-0.25, -0.2) is 0 Å². The Kier molecular flexibility index (Phi) is 28.8. The molecule has 7 aliphatic heterocycles. The van der Waals surface area contributed by atoms with Gasteiger partial charge in [0.05, 0.1) is 85.8 Å². The summed E-state index contributed by atoms with van der Waals surface area (Å²) in [6.45, 7) is 49.9. The molecule has 0 spiro atoms. The van der Waals surface area contributed by atoms with Crippen molar-refractivity contribution in [3.63, 3.8) is 0 Å². The molecule has 8 aromatic carbocycles. The van der Waals surface area contributed by atoms with Gasteiger partial charge in [0.15, 0.2) is 0 Å². The highest BCUT2D eigenvalue weighted by Crippen LogP contribution is 2.51. The number of esters is 1. The van der Waals surface area contributed by atoms with E-state index in [1.807, 2.05) is 6.08 Å². The van der Waals surface area contributed by atoms with Gasteiger partial charge in [-0.2, -0.15) is 0 Å². The second kappa shape index (κ2) is 38.9. The van der Waals surface area contributed by atoms with Crippen molar-refractivity contribution in [3.05, 3.63) is 292 Å². The zero-order valence-corrected chi connectivity index (χ0v) is 80.9. The number of carbonyl (C=O) groups is 1. The summed E-state index contributed by atoms with van der Waals surface area (Å²) in [7, 11) is -13.2. The molecule has 1 N–H and O–H groups in total. The molecule has 21 atom stereocenters. The third-order valence-corrected chi connectivity index (χ3v) is 48.8. The molecule has 7 fully saturated rings. The van der Waals surface area contributed by atoms with Gasteiger partial charge in [0.25, 0.3) is 33.3 Å². The van der Waals surface area contributed by atoms with Crippen molar-refractivity contribution >= 4 is 80.7 Å². The summed E-state index contributed by atoms with van der Waals surface area (Å²) in [6.07, 6.45) is -1.69. The Hall–Kier alpha value is -7.42. The molecule has 8 aromatic rings. The first-order valence-electron chi connectivity index (χ1n) is 46.5. The highest BCUT2D eigenvalue weighted by Gasteiger charge is 2.66. The van der Waals surface area contributed by atoms with Crippen LogP contribution in [0.15, 0.2) is 292 Å². The van der Waals surface area contributed by atoms with Crippen LogP contribution in [0.3, 0.4) is 0 Å². The quantitative estimate of drug-likeness (QED) is 0.0259. The average Bonchev–Trinajstić information content (AvgIpc) is 1.31. The van der Waals surface area contributed by atoms with Gasteiger partial charge in [0.2, 0.25) is 0 Å². The van der Waals surface area contributed by atoms with Crippen molar-refractivity contribution in [1.82, 2.24) is 0 Å². The first kappa shape index (κ1) is 93.3. The molecule has 0 radical (unpaired) electrons. The number of hydrogen-bond acceptors (Lipinski definition) is 14. The second-order valence-corrected chi connectivity index (χ2v) is 57.9. The van der Waals surface area contributed by atoms with Crippen LogP contribution in [-0.4, -0.2) is 167 Å². The Bertz CT molecular complexity index is 4750. The molecule has 670 valence electrons. The van der Waals surface area contributed by atoms with Gasteiger partial charge in [0.1, 0.15) is 36.6 Å². The maximum atomic E-state index is 16.2. The lowest BCUT2D eigenvalue weighted by Crippen LogP contribution is -2.73. The van der Waals surface area contributed by atoms with Gasteiger partial charge in [-0.05, 0) is 117 Å². The van der Waals surface area contributed by atoms with E-state index in [-0.39, 0.29) is 47.1 Å². The fourth-order valence-corrected chi connectivity index (χ4v) is 41.1. The molecule has 15 rings (SSSR count). The number of aliphatic hydroxyl groups excluding tert-OH is 1. The van der Waals surface area contributed by atoms with Crippen molar-refractivity contribution in [2.24, 2.45) is 11.8 Å². The van der Waals surface area contributed by atoms with Crippen molar-refractivity contribution in [1.29, 1.82) is 0 Å². The maximum absolute atomic E-state index is 16.2. The fraction of sp³-hybridized carbons (Fsp3) is 0.472. The van der Waals surface area contributed by atoms with Crippen LogP contribution in [0.4, 0.5) is 0 Å². The number of ether oxygens (including phenoxy) is 8. The lowest BCUT2D eigenvalue weighted by molar-refractivity contribution is -0.273. The summed E-state index contributed by atoms with van der Waals surface area (Å²) < 4.78 is 92.9. The average molecular weight is 1770 g/mol. The Morgan fingerprint density at radius 1 is 0.437 bits per heavy atom. The molecule has 18 heteroatoms. The summed E-state index contributed by atoms with van der Waals surface area (Å²) in [5.74, 6) is -0.697. The Morgan fingerprint density at radius 3 is 1.30 bits per heavy atom. The van der Waals surface area contributed by atoms with Gasteiger partial charge in [0, 0.05) is 38.2 Å². The van der Waals surface area contributed by atoms with Crippen molar-refractivity contribution in [2.45, 2.75) is 304 Å². The molecule has 0 bridgehead atoms. The third kappa shape index (κ3) is 18.7. The van der Waals surface area contributed by atoms with Crippen LogP contribution in [0.25, 0.3) is 0 Å². The third-order valence-electron chi connectivity index (χ3n) is 28.6. The molecule has 126 heavy (non-hydrogen) atoms. The van der Waals surface area contributed by atoms with E-state index < -0.39 is 153 Å². The predicted molar refractivity (Wildman–Crippen MR) is 515 cm³/mol. The van der Waals surface area contributed by atoms with Gasteiger partial charge in [-0.3, -0.25) is 4.79 Å². The Morgan fingerprint density at radius 2 is 0.865 bits per heavy atom. The molecule has 7 saturated heterocycles. The van der Waals surface area contributed by atoms with Gasteiger partial charge in [-0.15, -0.1) is 13.2 Å². The molecular weight excluding hydrogens is 1630 g/mol. The van der Waals surface area contributed by atoms with Crippen LogP contribution in [0.1, 0.15) is 168 Å². The van der Waals surface area contributed by atoms with Crippen molar-refractivity contribution in [3.8, 4) is 0 Å². The Labute approximate surface area is 755 Å². The largest absolute Gasteiger partial charge is 0.459 e. The van der Waals surface area contributed by atoms with Crippen LogP contribution in [0, 0.1) is 11.8 Å². The molecule has 14 nitrogen and oxygen atoms in total. The molecule has 7 heterocycles. The van der Waals surface area contributed by atoms with Crippen LogP contribution in [0.2, 0.25) is 20.2 Å². The van der Waals surface area contributed by atoms with E-state index >= 15 is 4.79 Å². The molecule has 0 aliphatic carbocycles. The van der Waals surface area contributed by atoms with Gasteiger partial charge in [-0.1, -0.05) is 365 Å². The van der Waals surface area contributed by atoms with E-state index in [4.69, 9.17) is 62.2 Å². The van der Waals surface area contributed by atoms with Crippen LogP contribution in [0.5, 0.6) is 0 Å². The predicted octanol–water partition coefficient (Wildman–Crippen LogP) is 17.1. The number of benzene rings is 8. The zero-order chi connectivity index (χ0) is 89.1. The topological polar surface area (TPSA) is 148 Å². The molecule has 0 aromatic heterocycles. The highest BCUT2D eigenvalue weighted by atomic mass is 28.4. The normalized spacial score (nSPS) is 29.0. The molecule has 0 saturated carbocycles. The zero-order valence-electron chi connectivity index (χ0n) is 76.9. The number of rotatable bonds is 30. The summed E-state index contributed by atoms with van der Waals surface area (Å²) in [6, 6.07) is 86.2. The first-order valence-corrected chi connectivity index (χ1v) is 54.1. The number of carbonyl (C=O) groups excluding carboxylic acids is 1. The standard InChI is InChI=1S/C108H138O14Si4/c1-19-77(109)69-94-101(121-125(107(13,14)15,85-53-37-25-38-54-85)86-55-39-26-40-56-86)102-103(118-94)104(122-126(108(16,17)18,87-57-41-27-42-58-87)88-59-43-28-44-60-88)100-91(117-102)64-62-80(114-100)70-97(110)119-99-76(6)98-96(115-95(99)71-92-75(5)73(3)67-79(113-92)61-63-89-74(4)68-78(20-2)112-89)72-93(120-124(106(10,11)12,83-49-33-23-34-50-83)84-51-35-24-36-52-84)90(116-98)65-66-111-123(105(7,8)9,81-45-29-21-30-46-81)82-47-31-22-32-48-82/h19-60,73,76-80,89-96,98-104,109H,1-2,4-5,61-72H2,3,6-18H3/t73-,76+,77?,78+,79+,80-,89+,90-,91+,92-,93-,94-,95+,96+,98+,99-,100+,101+,102+,103-,104+/m1/s1. The van der Waals surface area contributed by atoms with E-state index in [9.17, 15) is 5.11 Å². The maximum Gasteiger partial charge on any atom is 0.308 e. The van der Waals surface area contributed by atoms with Crippen LogP contribution >= 0.6 is 0 Å². The minimum absolute atomic E-state index is 0.0536. The van der Waals surface area contributed by atoms with E-state index in [1.165, 1.54) is 20.7 Å². The summed E-state index contributed by atoms with van der Waals surface area (Å²) >= 11 is 0. The lowest BCUT2D eigenvalue weighted by Gasteiger charge is -2.54. The highest BCUT2D eigenvalue weighted by molar-refractivity contribution is 7.01. The summed E-state index contributed by atoms with van der Waals surface area (Å²) in [5, 5.41) is 19.5. The number of hydrogen-bond donors (Lipinski definition) is 1. The first-order chi connectivity index (χ1) is 60.3. The molecule has 0 amide bonds. The van der Waals surface area contributed by atoms with E-state index in [0.29, 0.717) is 38.7 Å². The number of aliphatic hydroxyl groups is 1. The van der Waals surface area contributed by atoms with E-state index in [2.05, 4.69) is 359 Å². The SMILES string of the molecule is C=CC(O)C[C@H]1O[C@H]2[C@@H](O[Si](c3ccccc3)(c3ccccc3)C(C)(C)C)[C@H]3O[C@@H](CC(=O)O[C@@H]4[C@@H](C)[C@@H]5O[C@H](CCO[Si](c6ccccc6)(c6ccccc6)C(C)(C)C)[C@H](O[Si](c6ccccc6)(c6ccccc6)C(C)(C)C)C[C@@H]5O[C@H]4C[C@H]4O[C@@H](CC[C@@H]5O[C@@H](C=C)CC5=C)C[C@@H](C)C4=C)CC[C@@H]3O[C@H]2[C@H]1O[Si](c1ccccc1)(c1ccccc1)C(C)(C)C. The monoisotopic (exact) mass is 1770 g/mol. The van der Waals surface area contributed by atoms with E-state index in [1.54, 1.807) is 6.08 Å². The minimum Gasteiger partial charge on any atom is -0.459 e. The summed E-state index contributed by atoms with van der Waals surface area (Å²) in [5.41, 5.74) is 2.07. The van der Waals surface area contributed by atoms with Gasteiger partial charge >= 0.3 is 5.97 Å². The number of fused-ring (bicyclic) bond motifs is 3. The van der Waals surface area contributed by atoms with Crippen LogP contribution in [-0.2, 0) is 60.4 Å². The van der Waals surface area contributed by atoms with Crippen molar-refractivity contribution in [2.75, 3.05) is 6.61 Å². The minimum atomic E-state index is -3.49. The van der Waals surface area contributed by atoms with Crippen molar-refractivity contribution < 1.29 is 65.5 Å². The molecule has 1 unspecified atom stereocenters. The van der Waals surface area contributed by atoms with Gasteiger partial charge < -0.3 is 60.7 Å². The lowest BCUT2D eigenvalue weighted by atomic mass is 9.79. The van der Waals surface area contributed by atoms with E-state index in [0.717, 1.165) is 57.6 Å².